The van der Waals surface area contributed by atoms with Crippen molar-refractivity contribution in [3.63, 3.8) is 0 Å². The number of phenols is 1. The Balaban J connectivity index is 0.000000221. The Morgan fingerprint density at radius 2 is 1.71 bits per heavy atom. The predicted molar refractivity (Wildman–Crippen MR) is 158 cm³/mol. The van der Waals surface area contributed by atoms with Crippen LogP contribution in [0.2, 0.25) is 0 Å². The highest BCUT2D eigenvalue weighted by Crippen LogP contribution is 2.37. The molecule has 4 aromatic rings. The number of benzene rings is 3. The summed E-state index contributed by atoms with van der Waals surface area (Å²) in [6.07, 6.45) is 2.97. The molecule has 0 bridgehead atoms. The summed E-state index contributed by atoms with van der Waals surface area (Å²) in [6.45, 7) is 9.21. The lowest BCUT2D eigenvalue weighted by Crippen LogP contribution is -2.43. The first-order chi connectivity index (χ1) is 19.4. The lowest BCUT2D eigenvalue weighted by molar-refractivity contribution is -0.0517. The van der Waals surface area contributed by atoms with Crippen LogP contribution in [-0.4, -0.2) is 28.6 Å². The normalized spacial score (nSPS) is 13.8. The molecule has 1 unspecified atom stereocenters. The second kappa shape index (κ2) is 12.3. The number of carbonyl (C=O) groups excluding carboxylic acids is 2. The topological polar surface area (TPSA) is 103 Å². The maximum Gasteiger partial charge on any atom is 0.338 e. The lowest BCUT2D eigenvalue weighted by Gasteiger charge is -2.30. The van der Waals surface area contributed by atoms with E-state index in [9.17, 15) is 19.5 Å². The third-order valence-electron chi connectivity index (χ3n) is 6.83. The average molecular weight is 555 g/mol. The maximum absolute atomic E-state index is 12.4. The van der Waals surface area contributed by atoms with E-state index in [0.29, 0.717) is 35.3 Å². The highest BCUT2D eigenvalue weighted by Gasteiger charge is 2.40. The first-order valence-corrected chi connectivity index (χ1v) is 13.4. The first-order valence-electron chi connectivity index (χ1n) is 13.4. The highest BCUT2D eigenvalue weighted by atomic mass is 16.6. The van der Waals surface area contributed by atoms with Gasteiger partial charge in [0.1, 0.15) is 28.8 Å². The second-order valence-corrected chi connectivity index (χ2v) is 10.8. The number of hydrogen-bond acceptors (Lipinski definition) is 7. The van der Waals surface area contributed by atoms with Gasteiger partial charge in [0, 0.05) is 29.5 Å². The number of aromatic hydroxyl groups is 1. The number of allylic oxidation sites excluding steroid dienone is 2. The van der Waals surface area contributed by atoms with Crippen molar-refractivity contribution in [2.24, 2.45) is 0 Å². The van der Waals surface area contributed by atoms with Gasteiger partial charge in [-0.3, -0.25) is 4.79 Å². The molecule has 0 saturated heterocycles. The molecule has 212 valence electrons. The molecule has 1 aliphatic heterocycles. The number of rotatable bonds is 6. The molecule has 1 N–H and O–H groups in total. The molecule has 0 aliphatic carbocycles. The van der Waals surface area contributed by atoms with Gasteiger partial charge in [-0.15, -0.1) is 0 Å². The lowest BCUT2D eigenvalue weighted by atomic mass is 9.96. The van der Waals surface area contributed by atoms with E-state index in [1.165, 1.54) is 18.6 Å². The summed E-state index contributed by atoms with van der Waals surface area (Å²) >= 11 is 0. The van der Waals surface area contributed by atoms with Crippen molar-refractivity contribution in [3.8, 4) is 11.5 Å². The SMILES string of the molecule is CC(=O)c1ccc(O)c(CC=C(C)C)c1.CC(C)(OC(=O)c1ccccc1)C1Cc2cc3ccc(=O)oc3cc2O1. The molecule has 0 amide bonds. The molecule has 41 heavy (non-hydrogen) atoms. The van der Waals surface area contributed by atoms with E-state index in [4.69, 9.17) is 13.9 Å². The third-order valence-corrected chi connectivity index (χ3v) is 6.83. The minimum Gasteiger partial charge on any atom is -0.508 e. The van der Waals surface area contributed by atoms with Crippen LogP contribution in [0.15, 0.2) is 93.7 Å². The van der Waals surface area contributed by atoms with Gasteiger partial charge >= 0.3 is 11.6 Å². The van der Waals surface area contributed by atoms with Crippen LogP contribution >= 0.6 is 0 Å². The Morgan fingerprint density at radius 1 is 0.976 bits per heavy atom. The highest BCUT2D eigenvalue weighted by molar-refractivity contribution is 5.94. The van der Waals surface area contributed by atoms with Crippen LogP contribution in [0, 0.1) is 0 Å². The summed E-state index contributed by atoms with van der Waals surface area (Å²) in [5, 5.41) is 10.4. The first kappa shape index (κ1) is 29.3. The fourth-order valence-electron chi connectivity index (χ4n) is 4.42. The van der Waals surface area contributed by atoms with Crippen LogP contribution in [0.3, 0.4) is 0 Å². The van der Waals surface area contributed by atoms with E-state index in [1.807, 2.05) is 45.9 Å². The Bertz CT molecular complexity index is 1660. The van der Waals surface area contributed by atoms with Gasteiger partial charge in [0.25, 0.3) is 0 Å². The van der Waals surface area contributed by atoms with Crippen molar-refractivity contribution in [1.29, 1.82) is 0 Å². The van der Waals surface area contributed by atoms with Crippen LogP contribution in [-0.2, 0) is 17.6 Å². The van der Waals surface area contributed by atoms with Gasteiger partial charge in [0.2, 0.25) is 0 Å². The van der Waals surface area contributed by atoms with Crippen LogP contribution in [0.1, 0.15) is 66.5 Å². The van der Waals surface area contributed by atoms with Crippen molar-refractivity contribution < 1.29 is 28.6 Å². The van der Waals surface area contributed by atoms with Gasteiger partial charge in [-0.05, 0) is 94.6 Å². The number of ether oxygens (including phenoxy) is 2. The minimum absolute atomic E-state index is 0.0217. The fraction of sp³-hybridized carbons (Fsp3) is 0.265. The summed E-state index contributed by atoms with van der Waals surface area (Å²) in [6, 6.07) is 20.6. The zero-order chi connectivity index (χ0) is 29.7. The second-order valence-electron chi connectivity index (χ2n) is 10.8. The van der Waals surface area contributed by atoms with Crippen molar-refractivity contribution in [2.45, 2.75) is 59.2 Å². The Labute approximate surface area is 239 Å². The standard InChI is InChI=1S/C21H18O5.C13H16O2/c1-21(2,26-20(23)13-6-4-3-5-7-13)18-11-15-10-14-8-9-19(22)25-16(14)12-17(15)24-18;1-9(2)4-5-12-8-11(10(3)14)6-7-13(12)15/h3-10,12,18H,11H2,1-2H3;4,6-8,15H,5H2,1-3H3. The van der Waals surface area contributed by atoms with Crippen LogP contribution < -0.4 is 10.4 Å². The van der Waals surface area contributed by atoms with Crippen LogP contribution in [0.5, 0.6) is 11.5 Å². The van der Waals surface area contributed by atoms with Gasteiger partial charge < -0.3 is 19.0 Å². The number of carbonyl (C=O) groups is 2. The molecular formula is C34H34O7. The van der Waals surface area contributed by atoms with Gasteiger partial charge in [0.05, 0.1) is 5.56 Å². The molecule has 2 heterocycles. The zero-order valence-corrected chi connectivity index (χ0v) is 23.9. The van der Waals surface area contributed by atoms with E-state index in [2.05, 4.69) is 0 Å². The minimum atomic E-state index is -0.820. The Morgan fingerprint density at radius 3 is 2.39 bits per heavy atom. The molecular weight excluding hydrogens is 520 g/mol. The number of Topliss-reactive ketones (excluding diaryl/α,β-unsaturated/α-hetero) is 1. The van der Waals surface area contributed by atoms with Gasteiger partial charge in [-0.2, -0.15) is 0 Å². The molecule has 1 aromatic heterocycles. The van der Waals surface area contributed by atoms with E-state index in [-0.39, 0.29) is 23.6 Å². The molecule has 0 spiro atoms. The number of phenolic OH excluding ortho intramolecular Hbond substituents is 1. The van der Waals surface area contributed by atoms with Gasteiger partial charge in [-0.25, -0.2) is 9.59 Å². The summed E-state index contributed by atoms with van der Waals surface area (Å²) in [5.74, 6) is 0.540. The Hall–Kier alpha value is -4.65. The number of hydrogen-bond donors (Lipinski definition) is 1. The summed E-state index contributed by atoms with van der Waals surface area (Å²) in [7, 11) is 0. The predicted octanol–water partition coefficient (Wildman–Crippen LogP) is 6.84. The van der Waals surface area contributed by atoms with E-state index < -0.39 is 11.2 Å². The molecule has 1 atom stereocenters. The molecule has 7 heteroatoms. The molecule has 1 aliphatic rings. The molecule has 3 aromatic carbocycles. The summed E-state index contributed by atoms with van der Waals surface area (Å²) < 4.78 is 16.9. The van der Waals surface area contributed by atoms with Crippen LogP contribution in [0.25, 0.3) is 11.0 Å². The summed E-state index contributed by atoms with van der Waals surface area (Å²) in [5.41, 5.74) is 3.40. The fourth-order valence-corrected chi connectivity index (χ4v) is 4.42. The third kappa shape index (κ3) is 7.31. The zero-order valence-electron chi connectivity index (χ0n) is 23.9. The monoisotopic (exact) mass is 554 g/mol. The number of fused-ring (bicyclic) bond motifs is 2. The van der Waals surface area contributed by atoms with Crippen molar-refractivity contribution >= 4 is 22.7 Å². The molecule has 7 nitrogen and oxygen atoms in total. The summed E-state index contributed by atoms with van der Waals surface area (Å²) in [4.78, 5) is 34.9. The molecule has 0 fully saturated rings. The van der Waals surface area contributed by atoms with Crippen molar-refractivity contribution in [2.75, 3.05) is 0 Å². The van der Waals surface area contributed by atoms with Gasteiger partial charge in [0.15, 0.2) is 5.78 Å². The average Bonchev–Trinajstić information content (AvgIpc) is 3.36. The largest absolute Gasteiger partial charge is 0.508 e. The Kier molecular flexibility index (Phi) is 8.77. The van der Waals surface area contributed by atoms with Crippen molar-refractivity contribution in [3.05, 3.63) is 117 Å². The van der Waals surface area contributed by atoms with E-state index in [0.717, 1.165) is 16.5 Å². The number of ketones is 1. The molecule has 0 radical (unpaired) electrons. The van der Waals surface area contributed by atoms with Crippen molar-refractivity contribution in [1.82, 2.24) is 0 Å². The number of esters is 1. The van der Waals surface area contributed by atoms with E-state index in [1.54, 1.807) is 54.6 Å². The quantitative estimate of drug-likeness (QED) is 0.121. The maximum atomic E-state index is 12.4. The molecule has 5 rings (SSSR count). The van der Waals surface area contributed by atoms with Gasteiger partial charge in [-0.1, -0.05) is 29.8 Å². The van der Waals surface area contributed by atoms with Crippen LogP contribution in [0.4, 0.5) is 0 Å². The smallest absolute Gasteiger partial charge is 0.338 e. The molecule has 0 saturated carbocycles. The van der Waals surface area contributed by atoms with E-state index >= 15 is 0 Å².